The second-order valence-corrected chi connectivity index (χ2v) is 9.81. The van der Waals surface area contributed by atoms with Gasteiger partial charge in [-0.2, -0.15) is 0 Å². The van der Waals surface area contributed by atoms with Crippen LogP contribution in [0.1, 0.15) is 81.5 Å². The SMILES string of the molecule is CC(=O)c1ccc(-c2ccc(OCCC3CCC(N)(C4CCCCC4)CC3)cc2)cc1. The summed E-state index contributed by atoms with van der Waals surface area (Å²) < 4.78 is 6.04. The zero-order valence-electron chi connectivity index (χ0n) is 18.9. The van der Waals surface area contributed by atoms with E-state index in [0.717, 1.165) is 47.3 Å². The molecule has 2 aromatic rings. The van der Waals surface area contributed by atoms with Crippen LogP contribution in [0, 0.1) is 11.8 Å². The number of nitrogens with two attached hydrogens (primary N) is 1. The Kier molecular flexibility index (Phi) is 7.12. The summed E-state index contributed by atoms with van der Waals surface area (Å²) in [6.45, 7) is 2.37. The summed E-state index contributed by atoms with van der Waals surface area (Å²) in [5, 5.41) is 0. The van der Waals surface area contributed by atoms with Gasteiger partial charge in [-0.1, -0.05) is 55.7 Å². The Hall–Kier alpha value is -2.13. The fraction of sp³-hybridized carbons (Fsp3) is 0.536. The molecule has 0 aliphatic heterocycles. The van der Waals surface area contributed by atoms with E-state index in [1.165, 1.54) is 57.8 Å². The lowest BCUT2D eigenvalue weighted by atomic mass is 9.66. The molecule has 0 spiro atoms. The van der Waals surface area contributed by atoms with Crippen molar-refractivity contribution in [2.45, 2.75) is 76.7 Å². The highest BCUT2D eigenvalue weighted by Gasteiger charge is 2.38. The Balaban J connectivity index is 1.22. The summed E-state index contributed by atoms with van der Waals surface area (Å²) in [5.41, 5.74) is 9.96. The van der Waals surface area contributed by atoms with E-state index in [0.29, 0.717) is 0 Å². The molecule has 4 rings (SSSR count). The second kappa shape index (κ2) is 9.99. The van der Waals surface area contributed by atoms with Crippen molar-refractivity contribution in [2.24, 2.45) is 17.6 Å². The van der Waals surface area contributed by atoms with Crippen LogP contribution in [0.4, 0.5) is 0 Å². The van der Waals surface area contributed by atoms with Crippen molar-refractivity contribution in [1.82, 2.24) is 0 Å². The first-order valence-corrected chi connectivity index (χ1v) is 12.2. The predicted molar refractivity (Wildman–Crippen MR) is 127 cm³/mol. The Labute approximate surface area is 187 Å². The molecule has 3 heteroatoms. The molecule has 2 aliphatic rings. The van der Waals surface area contributed by atoms with Gasteiger partial charge in [0.1, 0.15) is 5.75 Å². The summed E-state index contributed by atoms with van der Waals surface area (Å²) >= 11 is 0. The van der Waals surface area contributed by atoms with E-state index in [-0.39, 0.29) is 11.3 Å². The minimum absolute atomic E-state index is 0.0967. The van der Waals surface area contributed by atoms with Crippen LogP contribution in [0.15, 0.2) is 48.5 Å². The average molecular weight is 420 g/mol. The van der Waals surface area contributed by atoms with Gasteiger partial charge < -0.3 is 10.5 Å². The van der Waals surface area contributed by atoms with Crippen LogP contribution in [0.25, 0.3) is 11.1 Å². The summed E-state index contributed by atoms with van der Waals surface area (Å²) in [5.74, 6) is 2.53. The average Bonchev–Trinajstić information content (AvgIpc) is 2.81. The summed E-state index contributed by atoms with van der Waals surface area (Å²) in [4.78, 5) is 11.4. The zero-order chi connectivity index (χ0) is 21.7. The lowest BCUT2D eigenvalue weighted by molar-refractivity contribution is 0.101. The van der Waals surface area contributed by atoms with Gasteiger partial charge in [-0.15, -0.1) is 0 Å². The fourth-order valence-corrected chi connectivity index (χ4v) is 5.57. The third-order valence-corrected chi connectivity index (χ3v) is 7.73. The fourth-order valence-electron chi connectivity index (χ4n) is 5.57. The Morgan fingerprint density at radius 2 is 1.48 bits per heavy atom. The van der Waals surface area contributed by atoms with Crippen LogP contribution < -0.4 is 10.5 Å². The van der Waals surface area contributed by atoms with Gasteiger partial charge in [-0.3, -0.25) is 4.79 Å². The van der Waals surface area contributed by atoms with Crippen LogP contribution >= 0.6 is 0 Å². The number of carbonyl (C=O) groups is 1. The molecule has 0 aromatic heterocycles. The molecule has 0 radical (unpaired) electrons. The maximum Gasteiger partial charge on any atom is 0.159 e. The third kappa shape index (κ3) is 5.57. The molecule has 0 amide bonds. The number of hydrogen-bond donors (Lipinski definition) is 1. The molecule has 2 aliphatic carbocycles. The van der Waals surface area contributed by atoms with E-state index in [1.54, 1.807) is 6.92 Å². The second-order valence-electron chi connectivity index (χ2n) is 9.81. The van der Waals surface area contributed by atoms with Crippen molar-refractivity contribution >= 4 is 5.78 Å². The zero-order valence-corrected chi connectivity index (χ0v) is 18.9. The molecule has 0 unspecified atom stereocenters. The van der Waals surface area contributed by atoms with Crippen LogP contribution in [-0.4, -0.2) is 17.9 Å². The first kappa shape index (κ1) is 22.1. The van der Waals surface area contributed by atoms with Crippen LogP contribution in [0.3, 0.4) is 0 Å². The van der Waals surface area contributed by atoms with Gasteiger partial charge in [-0.25, -0.2) is 0 Å². The molecule has 2 aromatic carbocycles. The molecule has 2 N–H and O–H groups in total. The molecular formula is C28H37NO2. The van der Waals surface area contributed by atoms with E-state index in [9.17, 15) is 4.79 Å². The monoisotopic (exact) mass is 419 g/mol. The topological polar surface area (TPSA) is 52.3 Å². The lowest BCUT2D eigenvalue weighted by Crippen LogP contribution is -2.50. The van der Waals surface area contributed by atoms with Crippen molar-refractivity contribution in [3.63, 3.8) is 0 Å². The highest BCUT2D eigenvalue weighted by atomic mass is 16.5. The first-order chi connectivity index (χ1) is 15.0. The summed E-state index contributed by atoms with van der Waals surface area (Å²) in [6.07, 6.45) is 12.9. The lowest BCUT2D eigenvalue weighted by Gasteiger charge is -2.44. The third-order valence-electron chi connectivity index (χ3n) is 7.73. The largest absolute Gasteiger partial charge is 0.494 e. The molecule has 166 valence electrons. The molecule has 3 nitrogen and oxygen atoms in total. The maximum atomic E-state index is 11.4. The van der Waals surface area contributed by atoms with Gasteiger partial charge in [-0.05, 0) is 87.0 Å². The maximum absolute atomic E-state index is 11.4. The van der Waals surface area contributed by atoms with Crippen LogP contribution in [0.5, 0.6) is 5.75 Å². The number of ether oxygens (including phenoxy) is 1. The van der Waals surface area contributed by atoms with Crippen LogP contribution in [0.2, 0.25) is 0 Å². The van der Waals surface area contributed by atoms with Crippen molar-refractivity contribution in [3.8, 4) is 16.9 Å². The number of rotatable bonds is 7. The van der Waals surface area contributed by atoms with Crippen molar-refractivity contribution < 1.29 is 9.53 Å². The minimum atomic E-state index is 0.0967. The van der Waals surface area contributed by atoms with Gasteiger partial charge in [0.15, 0.2) is 5.78 Å². The molecule has 0 bridgehead atoms. The quantitative estimate of drug-likeness (QED) is 0.502. The number of ketones is 1. The van der Waals surface area contributed by atoms with E-state index in [2.05, 4.69) is 12.1 Å². The molecule has 0 heterocycles. The number of carbonyl (C=O) groups excluding carboxylic acids is 1. The summed E-state index contributed by atoms with van der Waals surface area (Å²) in [7, 11) is 0. The van der Waals surface area contributed by atoms with Gasteiger partial charge in [0.2, 0.25) is 0 Å². The normalized spacial score (nSPS) is 24.6. The smallest absolute Gasteiger partial charge is 0.159 e. The van der Waals surface area contributed by atoms with Gasteiger partial charge in [0, 0.05) is 11.1 Å². The predicted octanol–water partition coefficient (Wildman–Crippen LogP) is 6.79. The highest BCUT2D eigenvalue weighted by Crippen LogP contribution is 2.42. The standard InChI is InChI=1S/C28H37NO2/c1-21(30)23-7-9-24(10-8-23)25-11-13-27(14-12-25)31-20-17-22-15-18-28(29,19-16-22)26-5-3-2-4-6-26/h7-14,22,26H,2-6,15-20,29H2,1H3. The molecule has 0 atom stereocenters. The first-order valence-electron chi connectivity index (χ1n) is 12.2. The Morgan fingerprint density at radius 3 is 2.06 bits per heavy atom. The van der Waals surface area contributed by atoms with Gasteiger partial charge in [0.05, 0.1) is 6.61 Å². The Bertz CT molecular complexity index is 842. The number of hydrogen-bond acceptors (Lipinski definition) is 3. The molecule has 0 saturated heterocycles. The Morgan fingerprint density at radius 1 is 0.903 bits per heavy atom. The van der Waals surface area contributed by atoms with E-state index < -0.39 is 0 Å². The van der Waals surface area contributed by atoms with Crippen molar-refractivity contribution in [2.75, 3.05) is 6.61 Å². The van der Waals surface area contributed by atoms with Crippen molar-refractivity contribution in [3.05, 3.63) is 54.1 Å². The highest BCUT2D eigenvalue weighted by molar-refractivity contribution is 5.94. The van der Waals surface area contributed by atoms with E-state index in [4.69, 9.17) is 10.5 Å². The van der Waals surface area contributed by atoms with Gasteiger partial charge >= 0.3 is 0 Å². The van der Waals surface area contributed by atoms with Gasteiger partial charge in [0.25, 0.3) is 0 Å². The molecule has 31 heavy (non-hydrogen) atoms. The molecule has 2 fully saturated rings. The summed E-state index contributed by atoms with van der Waals surface area (Å²) in [6, 6.07) is 16.0. The molecular weight excluding hydrogens is 382 g/mol. The number of benzene rings is 2. The molecule has 2 saturated carbocycles. The van der Waals surface area contributed by atoms with Crippen LogP contribution in [-0.2, 0) is 0 Å². The van der Waals surface area contributed by atoms with E-state index >= 15 is 0 Å². The van der Waals surface area contributed by atoms with Crippen molar-refractivity contribution in [1.29, 1.82) is 0 Å². The van der Waals surface area contributed by atoms with E-state index in [1.807, 2.05) is 36.4 Å². The number of Topliss-reactive ketones (excluding diaryl/α,β-unsaturated/α-hetero) is 1. The minimum Gasteiger partial charge on any atom is -0.494 e.